The van der Waals surface area contributed by atoms with Crippen molar-refractivity contribution in [2.45, 2.75) is 6.92 Å². The van der Waals surface area contributed by atoms with Crippen molar-refractivity contribution in [2.24, 2.45) is 0 Å². The highest BCUT2D eigenvalue weighted by Crippen LogP contribution is 2.32. The number of ether oxygens (including phenoxy) is 1. The van der Waals surface area contributed by atoms with Crippen LogP contribution < -0.4 is 10.3 Å². The van der Waals surface area contributed by atoms with Crippen molar-refractivity contribution in [3.63, 3.8) is 0 Å². The number of hydrogen-bond acceptors (Lipinski definition) is 6. The molecule has 2 amide bonds. The summed E-state index contributed by atoms with van der Waals surface area (Å²) in [6, 6.07) is 13.1. The van der Waals surface area contributed by atoms with E-state index in [1.54, 1.807) is 24.3 Å². The highest BCUT2D eigenvalue weighted by molar-refractivity contribution is 8.26. The van der Waals surface area contributed by atoms with Crippen LogP contribution in [0.1, 0.15) is 21.5 Å². The number of anilines is 1. The molecule has 31 heavy (non-hydrogen) atoms. The predicted molar refractivity (Wildman–Crippen MR) is 128 cm³/mol. The van der Waals surface area contributed by atoms with Gasteiger partial charge < -0.3 is 9.64 Å². The molecule has 2 saturated heterocycles. The first-order chi connectivity index (χ1) is 14.9. The van der Waals surface area contributed by atoms with Gasteiger partial charge in [-0.15, -0.1) is 0 Å². The first-order valence-corrected chi connectivity index (χ1v) is 11.3. The molecular formula is C22H20ClN3O3S2. The van der Waals surface area contributed by atoms with Gasteiger partial charge in [-0.3, -0.25) is 15.0 Å². The number of carbonyl (C=O) groups excluding carboxylic acids is 2. The minimum absolute atomic E-state index is 0.262. The van der Waals surface area contributed by atoms with Crippen molar-refractivity contribution in [3.05, 3.63) is 69.1 Å². The summed E-state index contributed by atoms with van der Waals surface area (Å²) in [7, 11) is 0. The van der Waals surface area contributed by atoms with E-state index in [0.717, 1.165) is 59.9 Å². The number of carbonyl (C=O) groups is 2. The summed E-state index contributed by atoms with van der Waals surface area (Å²) in [5.41, 5.74) is 5.78. The second-order valence-corrected chi connectivity index (χ2v) is 9.22. The SMILES string of the molecule is Cc1ccc(C(=O)NN2C(=O)/C(=C\c3ccc(N4CCOCC4)cc3)SC2=S)c(Cl)c1. The maximum absolute atomic E-state index is 12.8. The number of nitrogens with one attached hydrogen (secondary N) is 1. The molecule has 0 aliphatic carbocycles. The first-order valence-electron chi connectivity index (χ1n) is 9.70. The Labute approximate surface area is 195 Å². The van der Waals surface area contributed by atoms with Crippen LogP contribution in [0.4, 0.5) is 5.69 Å². The third-order valence-corrected chi connectivity index (χ3v) is 6.56. The Morgan fingerprint density at radius 1 is 1.19 bits per heavy atom. The van der Waals surface area contributed by atoms with Crippen molar-refractivity contribution in [3.8, 4) is 0 Å². The molecule has 0 spiro atoms. The van der Waals surface area contributed by atoms with Gasteiger partial charge in [-0.2, -0.15) is 5.01 Å². The Balaban J connectivity index is 1.46. The molecule has 0 atom stereocenters. The molecule has 0 bridgehead atoms. The van der Waals surface area contributed by atoms with Crippen LogP contribution in [-0.2, 0) is 9.53 Å². The number of morpholine rings is 1. The molecular weight excluding hydrogens is 454 g/mol. The molecule has 0 unspecified atom stereocenters. The summed E-state index contributed by atoms with van der Waals surface area (Å²) < 4.78 is 5.65. The minimum Gasteiger partial charge on any atom is -0.378 e. The Morgan fingerprint density at radius 3 is 2.58 bits per heavy atom. The van der Waals surface area contributed by atoms with Crippen molar-refractivity contribution >= 4 is 63.5 Å². The summed E-state index contributed by atoms with van der Waals surface area (Å²) in [4.78, 5) is 28.1. The summed E-state index contributed by atoms with van der Waals surface area (Å²) in [5, 5.41) is 1.41. The highest BCUT2D eigenvalue weighted by atomic mass is 35.5. The number of hydrazine groups is 1. The predicted octanol–water partition coefficient (Wildman–Crippen LogP) is 4.03. The van der Waals surface area contributed by atoms with Crippen LogP contribution in [0, 0.1) is 6.92 Å². The number of rotatable bonds is 4. The van der Waals surface area contributed by atoms with Gasteiger partial charge in [0.05, 0.1) is 28.7 Å². The lowest BCUT2D eigenvalue weighted by atomic mass is 10.1. The highest BCUT2D eigenvalue weighted by Gasteiger charge is 2.34. The standard InChI is InChI=1S/C22H20ClN3O3S2/c1-14-2-7-17(18(23)12-14)20(27)24-26-21(28)19(31-22(26)30)13-15-3-5-16(6-4-15)25-8-10-29-11-9-25/h2-7,12-13H,8-11H2,1H3,(H,24,27)/b19-13+. The zero-order valence-electron chi connectivity index (χ0n) is 16.8. The lowest BCUT2D eigenvalue weighted by molar-refractivity contribution is -0.123. The minimum atomic E-state index is -0.489. The van der Waals surface area contributed by atoms with Crippen LogP contribution in [0.5, 0.6) is 0 Å². The maximum Gasteiger partial charge on any atom is 0.285 e. The number of hydrogen-bond donors (Lipinski definition) is 1. The van der Waals surface area contributed by atoms with E-state index in [0.29, 0.717) is 9.93 Å². The zero-order chi connectivity index (χ0) is 22.0. The van der Waals surface area contributed by atoms with Crippen LogP contribution in [0.25, 0.3) is 6.08 Å². The zero-order valence-corrected chi connectivity index (χ0v) is 19.1. The van der Waals surface area contributed by atoms with Crippen LogP contribution in [0.3, 0.4) is 0 Å². The second kappa shape index (κ2) is 9.40. The average molecular weight is 474 g/mol. The molecule has 9 heteroatoms. The summed E-state index contributed by atoms with van der Waals surface area (Å²) in [6.07, 6.45) is 1.77. The number of thioether (sulfide) groups is 1. The van der Waals surface area contributed by atoms with E-state index >= 15 is 0 Å². The topological polar surface area (TPSA) is 61.9 Å². The summed E-state index contributed by atoms with van der Waals surface area (Å²) in [6.45, 7) is 5.06. The van der Waals surface area contributed by atoms with Crippen LogP contribution in [0.15, 0.2) is 47.4 Å². The fraction of sp³-hybridized carbons (Fsp3) is 0.227. The Hall–Kier alpha value is -2.39. The van der Waals surface area contributed by atoms with Crippen LogP contribution in [-0.4, -0.2) is 47.4 Å². The molecule has 2 aliphatic rings. The number of benzene rings is 2. The lowest BCUT2D eigenvalue weighted by Crippen LogP contribution is -2.44. The van der Waals surface area contributed by atoms with E-state index in [2.05, 4.69) is 10.3 Å². The number of halogens is 1. The molecule has 6 nitrogen and oxygen atoms in total. The fourth-order valence-corrected chi connectivity index (χ4v) is 4.78. The molecule has 0 radical (unpaired) electrons. The molecule has 4 rings (SSSR count). The van der Waals surface area contributed by atoms with Gasteiger partial charge in [-0.1, -0.05) is 41.6 Å². The van der Waals surface area contributed by atoms with Gasteiger partial charge in [0.1, 0.15) is 0 Å². The Bertz CT molecular complexity index is 1070. The van der Waals surface area contributed by atoms with Crippen molar-refractivity contribution in [1.82, 2.24) is 10.4 Å². The number of amides is 2. The fourth-order valence-electron chi connectivity index (χ4n) is 3.28. The molecule has 160 valence electrons. The molecule has 0 aromatic heterocycles. The van der Waals surface area contributed by atoms with Gasteiger partial charge in [-0.05, 0) is 60.6 Å². The van der Waals surface area contributed by atoms with Crippen molar-refractivity contribution in [2.75, 3.05) is 31.2 Å². The van der Waals surface area contributed by atoms with E-state index in [1.165, 1.54) is 0 Å². The Kier molecular flexibility index (Phi) is 6.62. The van der Waals surface area contributed by atoms with Crippen LogP contribution in [0.2, 0.25) is 5.02 Å². The van der Waals surface area contributed by atoms with E-state index in [1.807, 2.05) is 31.2 Å². The van der Waals surface area contributed by atoms with E-state index in [9.17, 15) is 9.59 Å². The molecule has 2 fully saturated rings. The Morgan fingerprint density at radius 2 is 1.90 bits per heavy atom. The molecule has 1 N–H and O–H groups in total. The number of nitrogens with zero attached hydrogens (tertiary/aromatic N) is 2. The number of thiocarbonyl (C=S) groups is 1. The number of aryl methyl sites for hydroxylation is 1. The van der Waals surface area contributed by atoms with E-state index in [-0.39, 0.29) is 15.8 Å². The lowest BCUT2D eigenvalue weighted by Gasteiger charge is -2.28. The third kappa shape index (κ3) is 4.93. The van der Waals surface area contributed by atoms with Gasteiger partial charge in [0.15, 0.2) is 4.32 Å². The van der Waals surface area contributed by atoms with Gasteiger partial charge in [0.25, 0.3) is 11.8 Å². The summed E-state index contributed by atoms with van der Waals surface area (Å²) >= 11 is 12.6. The molecule has 0 saturated carbocycles. The second-order valence-electron chi connectivity index (χ2n) is 7.13. The smallest absolute Gasteiger partial charge is 0.285 e. The van der Waals surface area contributed by atoms with Crippen molar-refractivity contribution < 1.29 is 14.3 Å². The van der Waals surface area contributed by atoms with Crippen LogP contribution >= 0.6 is 35.6 Å². The van der Waals surface area contributed by atoms with E-state index < -0.39 is 5.91 Å². The molecule has 2 aliphatic heterocycles. The summed E-state index contributed by atoms with van der Waals surface area (Å²) in [5.74, 6) is -0.860. The van der Waals surface area contributed by atoms with Gasteiger partial charge in [0, 0.05) is 18.8 Å². The molecule has 2 heterocycles. The third-order valence-electron chi connectivity index (χ3n) is 4.94. The quantitative estimate of drug-likeness (QED) is 0.534. The van der Waals surface area contributed by atoms with Gasteiger partial charge >= 0.3 is 0 Å². The maximum atomic E-state index is 12.8. The van der Waals surface area contributed by atoms with E-state index in [4.69, 9.17) is 28.6 Å². The van der Waals surface area contributed by atoms with Gasteiger partial charge in [0.2, 0.25) is 0 Å². The molecule has 2 aromatic rings. The first kappa shape index (κ1) is 21.8. The average Bonchev–Trinajstić information content (AvgIpc) is 3.02. The largest absolute Gasteiger partial charge is 0.378 e. The monoisotopic (exact) mass is 473 g/mol. The molecule has 2 aromatic carbocycles. The van der Waals surface area contributed by atoms with Crippen molar-refractivity contribution in [1.29, 1.82) is 0 Å². The van der Waals surface area contributed by atoms with Gasteiger partial charge in [-0.25, -0.2) is 0 Å². The normalized spacial score (nSPS) is 18.1.